The maximum atomic E-state index is 6.07. The third-order valence-electron chi connectivity index (χ3n) is 4.71. The van der Waals surface area contributed by atoms with Gasteiger partial charge in [-0.1, -0.05) is 26.0 Å². The quantitative estimate of drug-likeness (QED) is 0.842. The molecule has 2 heteroatoms. The van der Waals surface area contributed by atoms with Crippen LogP contribution < -0.4 is 5.73 Å². The Hall–Kier alpha value is -1.28. The minimum atomic E-state index is 0.188. The molecule has 17 heavy (non-hydrogen) atoms. The molecule has 2 nitrogen and oxygen atoms in total. The van der Waals surface area contributed by atoms with Crippen molar-refractivity contribution in [1.29, 1.82) is 0 Å². The summed E-state index contributed by atoms with van der Waals surface area (Å²) in [5.74, 6) is 0. The van der Waals surface area contributed by atoms with E-state index >= 15 is 0 Å². The van der Waals surface area contributed by atoms with Crippen LogP contribution in [-0.2, 0) is 12.5 Å². The Bertz CT molecular complexity index is 580. The Labute approximate surface area is 102 Å². The zero-order valence-electron chi connectivity index (χ0n) is 10.8. The largest absolute Gasteiger partial charge is 0.351 e. The number of aromatic nitrogens is 1. The van der Waals surface area contributed by atoms with Crippen LogP contribution in [0.2, 0.25) is 0 Å². The molecule has 1 atom stereocenters. The monoisotopic (exact) mass is 228 g/mol. The number of aryl methyl sites for hydroxylation is 1. The minimum Gasteiger partial charge on any atom is -0.351 e. The van der Waals surface area contributed by atoms with Gasteiger partial charge in [-0.2, -0.15) is 0 Å². The Morgan fingerprint density at radius 2 is 2.00 bits per heavy atom. The third-order valence-corrected chi connectivity index (χ3v) is 4.71. The molecule has 0 saturated heterocycles. The first kappa shape index (κ1) is 10.8. The van der Waals surface area contributed by atoms with Gasteiger partial charge in [-0.3, -0.25) is 0 Å². The molecule has 90 valence electrons. The zero-order valence-corrected chi connectivity index (χ0v) is 10.8. The zero-order chi connectivity index (χ0) is 12.3. The van der Waals surface area contributed by atoms with Gasteiger partial charge >= 0.3 is 0 Å². The summed E-state index contributed by atoms with van der Waals surface area (Å²) in [6.45, 7) is 5.39. The fourth-order valence-corrected chi connectivity index (χ4v) is 3.35. The van der Waals surface area contributed by atoms with Gasteiger partial charge < -0.3 is 10.3 Å². The number of nitrogens with zero attached hydrogens (tertiary/aromatic N) is 1. The summed E-state index contributed by atoms with van der Waals surface area (Å²) in [4.78, 5) is 0. The number of benzene rings is 1. The van der Waals surface area contributed by atoms with E-state index in [1.807, 2.05) is 0 Å². The molecule has 1 aromatic heterocycles. The van der Waals surface area contributed by atoms with E-state index in [0.29, 0.717) is 5.41 Å². The molecule has 1 fully saturated rings. The van der Waals surface area contributed by atoms with Crippen LogP contribution in [0.3, 0.4) is 0 Å². The molecule has 0 radical (unpaired) electrons. The predicted molar refractivity (Wildman–Crippen MR) is 72.0 cm³/mol. The SMILES string of the molecule is Cn1ccc2c(C3(CN)CC3(C)C)cccc21. The second-order valence-corrected chi connectivity index (χ2v) is 6.01. The average Bonchev–Trinajstić information content (AvgIpc) is 2.67. The molecule has 2 aromatic rings. The topological polar surface area (TPSA) is 30.9 Å². The summed E-state index contributed by atoms with van der Waals surface area (Å²) >= 11 is 0. The van der Waals surface area contributed by atoms with Gasteiger partial charge in [-0.15, -0.1) is 0 Å². The molecule has 0 spiro atoms. The number of rotatable bonds is 2. The Morgan fingerprint density at radius 3 is 2.59 bits per heavy atom. The predicted octanol–water partition coefficient (Wildman–Crippen LogP) is 2.80. The molecule has 1 aliphatic carbocycles. The first-order valence-electron chi connectivity index (χ1n) is 6.26. The molecule has 1 aromatic carbocycles. The average molecular weight is 228 g/mol. The van der Waals surface area contributed by atoms with Crippen molar-refractivity contribution in [1.82, 2.24) is 4.57 Å². The van der Waals surface area contributed by atoms with E-state index in [9.17, 15) is 0 Å². The van der Waals surface area contributed by atoms with Crippen molar-refractivity contribution in [2.24, 2.45) is 18.2 Å². The molecule has 0 amide bonds. The van der Waals surface area contributed by atoms with Crippen LogP contribution in [0.4, 0.5) is 0 Å². The summed E-state index contributed by atoms with van der Waals surface area (Å²) in [6.07, 6.45) is 3.33. The van der Waals surface area contributed by atoms with Crippen LogP contribution in [-0.4, -0.2) is 11.1 Å². The van der Waals surface area contributed by atoms with Crippen LogP contribution in [0.1, 0.15) is 25.8 Å². The number of hydrogen-bond donors (Lipinski definition) is 1. The van der Waals surface area contributed by atoms with E-state index in [1.165, 1.54) is 22.9 Å². The highest BCUT2D eigenvalue weighted by Crippen LogP contribution is 2.64. The van der Waals surface area contributed by atoms with Gasteiger partial charge in [0.15, 0.2) is 0 Å². The lowest BCUT2D eigenvalue weighted by Gasteiger charge is -2.20. The lowest BCUT2D eigenvalue weighted by Crippen LogP contribution is -2.25. The van der Waals surface area contributed by atoms with Crippen molar-refractivity contribution in [3.05, 3.63) is 36.0 Å². The minimum absolute atomic E-state index is 0.188. The molecule has 3 rings (SSSR count). The van der Waals surface area contributed by atoms with Gasteiger partial charge in [0.2, 0.25) is 0 Å². The summed E-state index contributed by atoms with van der Waals surface area (Å²) in [7, 11) is 2.10. The maximum Gasteiger partial charge on any atom is 0.0480 e. The first-order valence-corrected chi connectivity index (χ1v) is 6.26. The van der Waals surface area contributed by atoms with Gasteiger partial charge in [0.05, 0.1) is 0 Å². The fourth-order valence-electron chi connectivity index (χ4n) is 3.35. The van der Waals surface area contributed by atoms with Crippen molar-refractivity contribution in [2.45, 2.75) is 25.7 Å². The highest BCUT2D eigenvalue weighted by atomic mass is 14.9. The van der Waals surface area contributed by atoms with E-state index in [4.69, 9.17) is 5.73 Å². The molecule has 2 N–H and O–H groups in total. The summed E-state index contributed by atoms with van der Waals surface area (Å²) in [5, 5.41) is 1.37. The van der Waals surface area contributed by atoms with Crippen molar-refractivity contribution < 1.29 is 0 Å². The van der Waals surface area contributed by atoms with Crippen molar-refractivity contribution in [3.63, 3.8) is 0 Å². The lowest BCUT2D eigenvalue weighted by atomic mass is 9.86. The number of hydrogen-bond acceptors (Lipinski definition) is 1. The molecule has 1 saturated carbocycles. The first-order chi connectivity index (χ1) is 8.02. The smallest absolute Gasteiger partial charge is 0.0480 e. The van der Waals surface area contributed by atoms with Crippen LogP contribution >= 0.6 is 0 Å². The number of fused-ring (bicyclic) bond motifs is 1. The molecular formula is C15H20N2. The standard InChI is InChI=1S/C15H20N2/c1-14(2)9-15(14,10-16)12-5-4-6-13-11(12)7-8-17(13)3/h4-8H,9-10,16H2,1-3H3. The summed E-state index contributed by atoms with van der Waals surface area (Å²) in [5.41, 5.74) is 9.33. The molecule has 0 bridgehead atoms. The van der Waals surface area contributed by atoms with E-state index < -0.39 is 0 Å². The molecular weight excluding hydrogens is 208 g/mol. The Kier molecular flexibility index (Phi) is 2.00. The summed E-state index contributed by atoms with van der Waals surface area (Å²) in [6, 6.07) is 8.81. The molecule has 1 aliphatic rings. The maximum absolute atomic E-state index is 6.07. The van der Waals surface area contributed by atoms with Crippen LogP contribution in [0.15, 0.2) is 30.5 Å². The summed E-state index contributed by atoms with van der Waals surface area (Å²) < 4.78 is 2.18. The normalized spacial score (nSPS) is 26.4. The second kappa shape index (κ2) is 3.14. The second-order valence-electron chi connectivity index (χ2n) is 6.01. The molecule has 1 heterocycles. The van der Waals surface area contributed by atoms with Gasteiger partial charge in [-0.05, 0) is 29.5 Å². The van der Waals surface area contributed by atoms with Crippen molar-refractivity contribution in [3.8, 4) is 0 Å². The molecule has 0 aliphatic heterocycles. The molecule has 1 unspecified atom stereocenters. The van der Waals surface area contributed by atoms with Crippen LogP contribution in [0, 0.1) is 5.41 Å². The number of nitrogens with two attached hydrogens (primary N) is 1. The van der Waals surface area contributed by atoms with Crippen LogP contribution in [0.25, 0.3) is 10.9 Å². The van der Waals surface area contributed by atoms with Crippen molar-refractivity contribution in [2.75, 3.05) is 6.54 Å². The third kappa shape index (κ3) is 1.25. The highest BCUT2D eigenvalue weighted by Gasteiger charge is 2.61. The van der Waals surface area contributed by atoms with Crippen molar-refractivity contribution >= 4 is 10.9 Å². The van der Waals surface area contributed by atoms with Crippen LogP contribution in [0.5, 0.6) is 0 Å². The highest BCUT2D eigenvalue weighted by molar-refractivity contribution is 5.85. The Balaban J connectivity index is 2.25. The Morgan fingerprint density at radius 1 is 1.29 bits per heavy atom. The van der Waals surface area contributed by atoms with Gasteiger partial charge in [0, 0.05) is 36.1 Å². The van der Waals surface area contributed by atoms with Gasteiger partial charge in [-0.25, -0.2) is 0 Å². The van der Waals surface area contributed by atoms with Gasteiger partial charge in [0.1, 0.15) is 0 Å². The lowest BCUT2D eigenvalue weighted by molar-refractivity contribution is 0.505. The fraction of sp³-hybridized carbons (Fsp3) is 0.467. The van der Waals surface area contributed by atoms with Gasteiger partial charge in [0.25, 0.3) is 0 Å². The van der Waals surface area contributed by atoms with E-state index in [-0.39, 0.29) is 5.41 Å². The van der Waals surface area contributed by atoms with E-state index in [0.717, 1.165) is 6.54 Å². The van der Waals surface area contributed by atoms with E-state index in [2.05, 4.69) is 55.9 Å². The van der Waals surface area contributed by atoms with E-state index in [1.54, 1.807) is 0 Å².